The SMILES string of the molecule is CN=C(NCCCN1CC(C)OC(C)C1)NCCN1C(=O)C2C3C=CC(C3)C2C1=O.I. The van der Waals surface area contributed by atoms with Gasteiger partial charge in [-0.2, -0.15) is 0 Å². The van der Waals surface area contributed by atoms with E-state index in [2.05, 4.69) is 46.5 Å². The largest absolute Gasteiger partial charge is 0.373 e. The molecule has 1 saturated carbocycles. The van der Waals surface area contributed by atoms with Crippen LogP contribution >= 0.6 is 24.0 Å². The quantitative estimate of drug-likeness (QED) is 0.124. The molecule has 2 aliphatic carbocycles. The van der Waals surface area contributed by atoms with Crippen LogP contribution in [0.1, 0.15) is 26.7 Å². The summed E-state index contributed by atoms with van der Waals surface area (Å²) in [7, 11) is 1.74. The number of carbonyl (C=O) groups excluding carboxylic acids is 2. The summed E-state index contributed by atoms with van der Waals surface area (Å²) in [6.07, 6.45) is 6.82. The van der Waals surface area contributed by atoms with Crippen LogP contribution < -0.4 is 10.6 Å². The Hall–Kier alpha value is -1.20. The monoisotopic (exact) mass is 545 g/mol. The molecule has 0 radical (unpaired) electrons. The second-order valence-electron chi connectivity index (χ2n) is 9.12. The molecule has 0 spiro atoms. The minimum atomic E-state index is -0.115. The van der Waals surface area contributed by atoms with Gasteiger partial charge < -0.3 is 15.4 Å². The molecule has 2 amide bonds. The number of nitrogens with one attached hydrogen (secondary N) is 2. The van der Waals surface area contributed by atoms with Gasteiger partial charge in [-0.05, 0) is 38.5 Å². The zero-order chi connectivity index (χ0) is 21.3. The van der Waals surface area contributed by atoms with Crippen LogP contribution in [0.4, 0.5) is 0 Å². The first-order chi connectivity index (χ1) is 14.5. The molecule has 2 N–H and O–H groups in total. The average Bonchev–Trinajstić information content (AvgIpc) is 3.38. The van der Waals surface area contributed by atoms with Crippen molar-refractivity contribution in [2.24, 2.45) is 28.7 Å². The number of halogens is 1. The molecule has 3 fully saturated rings. The van der Waals surface area contributed by atoms with Crippen molar-refractivity contribution in [3.63, 3.8) is 0 Å². The number of hydrogen-bond donors (Lipinski definition) is 2. The molecule has 9 heteroatoms. The number of allylic oxidation sites excluding steroid dienone is 2. The van der Waals surface area contributed by atoms with Gasteiger partial charge in [0.1, 0.15) is 0 Å². The predicted molar refractivity (Wildman–Crippen MR) is 130 cm³/mol. The maximum Gasteiger partial charge on any atom is 0.233 e. The van der Waals surface area contributed by atoms with E-state index in [4.69, 9.17) is 4.74 Å². The summed E-state index contributed by atoms with van der Waals surface area (Å²) < 4.78 is 5.78. The van der Waals surface area contributed by atoms with Gasteiger partial charge in [0.25, 0.3) is 0 Å². The summed E-state index contributed by atoms with van der Waals surface area (Å²) in [5, 5.41) is 6.56. The van der Waals surface area contributed by atoms with Gasteiger partial charge >= 0.3 is 0 Å². The van der Waals surface area contributed by atoms with Crippen LogP contribution in [0.2, 0.25) is 0 Å². The molecular formula is C22H36IN5O3. The lowest BCUT2D eigenvalue weighted by atomic mass is 9.85. The summed E-state index contributed by atoms with van der Waals surface area (Å²) in [5.41, 5.74) is 0. The third kappa shape index (κ3) is 5.24. The number of likely N-dealkylation sites (tertiary alicyclic amines) is 1. The molecule has 0 aromatic carbocycles. The second kappa shape index (κ2) is 10.6. The van der Waals surface area contributed by atoms with E-state index in [1.54, 1.807) is 7.05 Å². The highest BCUT2D eigenvalue weighted by molar-refractivity contribution is 14.0. The zero-order valence-electron chi connectivity index (χ0n) is 18.8. The minimum Gasteiger partial charge on any atom is -0.373 e. The summed E-state index contributed by atoms with van der Waals surface area (Å²) in [6, 6.07) is 0. The van der Waals surface area contributed by atoms with Gasteiger partial charge in [0.05, 0.1) is 24.0 Å². The Morgan fingerprint density at radius 3 is 2.19 bits per heavy atom. The molecule has 6 atom stereocenters. The Bertz CT molecular complexity index is 690. The van der Waals surface area contributed by atoms with Crippen LogP contribution in [-0.4, -0.2) is 86.1 Å². The lowest BCUT2D eigenvalue weighted by molar-refractivity contribution is -0.140. The number of guanidine groups is 1. The molecule has 2 saturated heterocycles. The number of carbonyl (C=O) groups is 2. The lowest BCUT2D eigenvalue weighted by Crippen LogP contribution is -2.47. The van der Waals surface area contributed by atoms with Gasteiger partial charge in [0.15, 0.2) is 5.96 Å². The van der Waals surface area contributed by atoms with Crippen molar-refractivity contribution in [3.8, 4) is 0 Å². The minimum absolute atomic E-state index is 0. The highest BCUT2D eigenvalue weighted by atomic mass is 127. The van der Waals surface area contributed by atoms with Crippen LogP contribution in [0.25, 0.3) is 0 Å². The molecule has 0 aromatic rings. The van der Waals surface area contributed by atoms with Crippen molar-refractivity contribution in [1.82, 2.24) is 20.4 Å². The Morgan fingerprint density at radius 2 is 1.61 bits per heavy atom. The molecule has 2 heterocycles. The van der Waals surface area contributed by atoms with E-state index in [0.717, 1.165) is 39.0 Å². The van der Waals surface area contributed by atoms with Crippen LogP contribution in [0, 0.1) is 23.7 Å². The van der Waals surface area contributed by atoms with Crippen LogP contribution in [0.5, 0.6) is 0 Å². The summed E-state index contributed by atoms with van der Waals surface area (Å²) >= 11 is 0. The average molecular weight is 545 g/mol. The summed E-state index contributed by atoms with van der Waals surface area (Å²) in [5.74, 6) is 1.04. The predicted octanol–water partition coefficient (Wildman–Crippen LogP) is 1.08. The third-order valence-electron chi connectivity index (χ3n) is 6.85. The fourth-order valence-electron chi connectivity index (χ4n) is 5.67. The van der Waals surface area contributed by atoms with Gasteiger partial charge in [-0.15, -0.1) is 24.0 Å². The first-order valence-electron chi connectivity index (χ1n) is 11.3. The van der Waals surface area contributed by atoms with Crippen molar-refractivity contribution in [3.05, 3.63) is 12.2 Å². The maximum atomic E-state index is 12.7. The first-order valence-corrected chi connectivity index (χ1v) is 11.3. The number of fused-ring (bicyclic) bond motifs is 5. The van der Waals surface area contributed by atoms with E-state index in [1.807, 2.05) is 0 Å². The Morgan fingerprint density at radius 1 is 1.03 bits per heavy atom. The van der Waals surface area contributed by atoms with Gasteiger partial charge in [-0.3, -0.25) is 24.4 Å². The van der Waals surface area contributed by atoms with Gasteiger partial charge in [0.2, 0.25) is 11.8 Å². The number of ether oxygens (including phenoxy) is 1. The van der Waals surface area contributed by atoms with Crippen molar-refractivity contribution in [2.75, 3.05) is 46.3 Å². The fourth-order valence-corrected chi connectivity index (χ4v) is 5.67. The van der Waals surface area contributed by atoms with E-state index in [-0.39, 0.29) is 71.7 Å². The van der Waals surface area contributed by atoms with Crippen LogP contribution in [0.15, 0.2) is 17.1 Å². The van der Waals surface area contributed by atoms with Crippen molar-refractivity contribution in [2.45, 2.75) is 38.9 Å². The molecule has 31 heavy (non-hydrogen) atoms. The van der Waals surface area contributed by atoms with E-state index < -0.39 is 0 Å². The summed E-state index contributed by atoms with van der Waals surface area (Å²) in [4.78, 5) is 33.6. The number of hydrogen-bond acceptors (Lipinski definition) is 5. The lowest BCUT2D eigenvalue weighted by Gasteiger charge is -2.35. The number of rotatable bonds is 7. The number of imide groups is 1. The normalized spacial score (nSPS) is 34.8. The second-order valence-corrected chi connectivity index (χ2v) is 9.12. The van der Waals surface area contributed by atoms with E-state index in [9.17, 15) is 9.59 Å². The maximum absolute atomic E-state index is 12.7. The fraction of sp³-hybridized carbons (Fsp3) is 0.773. The van der Waals surface area contributed by atoms with Gasteiger partial charge in [0, 0.05) is 46.3 Å². The molecule has 174 valence electrons. The number of aliphatic imine (C=N–C) groups is 1. The molecule has 4 aliphatic rings. The van der Waals surface area contributed by atoms with Crippen molar-refractivity contribution >= 4 is 41.8 Å². The highest BCUT2D eigenvalue weighted by Gasteiger charge is 2.58. The molecular weight excluding hydrogens is 509 g/mol. The molecule has 4 rings (SSSR count). The Kier molecular flexibility index (Phi) is 8.37. The number of morpholine rings is 1. The molecule has 2 bridgehead atoms. The third-order valence-corrected chi connectivity index (χ3v) is 6.85. The van der Waals surface area contributed by atoms with E-state index in [1.165, 1.54) is 4.90 Å². The van der Waals surface area contributed by atoms with Crippen molar-refractivity contribution in [1.29, 1.82) is 0 Å². The van der Waals surface area contributed by atoms with Gasteiger partial charge in [-0.25, -0.2) is 0 Å². The number of amides is 2. The molecule has 6 unspecified atom stereocenters. The molecule has 8 nitrogen and oxygen atoms in total. The van der Waals surface area contributed by atoms with E-state index >= 15 is 0 Å². The van der Waals surface area contributed by atoms with Crippen molar-refractivity contribution < 1.29 is 14.3 Å². The molecule has 0 aromatic heterocycles. The Balaban J connectivity index is 0.00000272. The Labute approximate surface area is 202 Å². The summed E-state index contributed by atoms with van der Waals surface area (Å²) in [6.45, 7) is 8.96. The van der Waals surface area contributed by atoms with Crippen LogP contribution in [0.3, 0.4) is 0 Å². The first kappa shape index (κ1) is 24.4. The smallest absolute Gasteiger partial charge is 0.233 e. The standard InChI is InChI=1S/C22H35N5O3.HI/c1-14-12-26(13-15(2)30-14)9-4-7-24-22(23-3)25-8-10-27-20(28)18-16-5-6-17(11-16)19(18)21(27)29;/h5-6,14-19H,4,7-13H2,1-3H3,(H2,23,24,25);1H. The topological polar surface area (TPSA) is 86.3 Å². The number of nitrogens with zero attached hydrogens (tertiary/aromatic N) is 3. The van der Waals surface area contributed by atoms with Gasteiger partial charge in [-0.1, -0.05) is 12.2 Å². The highest BCUT2D eigenvalue weighted by Crippen LogP contribution is 2.52. The zero-order valence-corrected chi connectivity index (χ0v) is 21.1. The molecule has 2 aliphatic heterocycles. The van der Waals surface area contributed by atoms with Crippen LogP contribution in [-0.2, 0) is 14.3 Å². The van der Waals surface area contributed by atoms with E-state index in [0.29, 0.717) is 19.0 Å².